The summed E-state index contributed by atoms with van der Waals surface area (Å²) >= 11 is 0. The van der Waals surface area contributed by atoms with E-state index in [4.69, 9.17) is 5.11 Å². The topological polar surface area (TPSA) is 78.8 Å². The molecule has 0 saturated carbocycles. The van der Waals surface area contributed by atoms with E-state index in [1.165, 1.54) is 12.1 Å². The number of aromatic nitrogens is 4. The number of hydrogen-bond donors (Lipinski definition) is 3. The molecule has 0 atom stereocenters. The van der Waals surface area contributed by atoms with Gasteiger partial charge in [-0.15, -0.1) is 0 Å². The largest absolute Gasteiger partial charge is 0.394 e. The Kier molecular flexibility index (Phi) is 5.16. The smallest absolute Gasteiger partial charge is 0.123 e. The Balaban J connectivity index is 1.51. The fraction of sp³-hybridized carbons (Fsp3) is 0.143. The molecule has 0 fully saturated rings. The number of nitrogens with zero attached hydrogens (tertiary/aromatic N) is 3. The van der Waals surface area contributed by atoms with Crippen LogP contribution in [0.15, 0.2) is 54.9 Å². The molecule has 4 rings (SSSR count). The number of aliphatic hydroxyl groups excluding tert-OH is 1. The Labute approximate surface area is 161 Å². The summed E-state index contributed by atoms with van der Waals surface area (Å²) in [6.45, 7) is 1.07. The van der Waals surface area contributed by atoms with Crippen LogP contribution in [-0.4, -0.2) is 31.7 Å². The van der Waals surface area contributed by atoms with Gasteiger partial charge in [0.05, 0.1) is 30.6 Å². The first-order valence-electron chi connectivity index (χ1n) is 8.99. The molecule has 142 valence electrons. The Morgan fingerprint density at radius 1 is 1.18 bits per heavy atom. The van der Waals surface area contributed by atoms with E-state index in [-0.39, 0.29) is 12.4 Å². The predicted octanol–water partition coefficient (Wildman–Crippen LogP) is 3.67. The van der Waals surface area contributed by atoms with Gasteiger partial charge < -0.3 is 10.4 Å². The van der Waals surface area contributed by atoms with Crippen molar-refractivity contribution in [1.29, 1.82) is 0 Å². The lowest BCUT2D eigenvalue weighted by atomic mass is 10.1. The summed E-state index contributed by atoms with van der Waals surface area (Å²) in [5.41, 5.74) is 4.51. The Morgan fingerprint density at radius 2 is 2.11 bits per heavy atom. The number of aromatic amines is 1. The van der Waals surface area contributed by atoms with Crippen LogP contribution in [0.2, 0.25) is 0 Å². The first kappa shape index (κ1) is 17.9. The minimum absolute atomic E-state index is 0.0558. The van der Waals surface area contributed by atoms with Gasteiger partial charge in [0.25, 0.3) is 0 Å². The summed E-state index contributed by atoms with van der Waals surface area (Å²) in [5.74, 6) is -0.237. The second-order valence-corrected chi connectivity index (χ2v) is 6.45. The van der Waals surface area contributed by atoms with Gasteiger partial charge in [-0.1, -0.05) is 12.1 Å². The molecule has 7 heteroatoms. The molecule has 4 aromatic rings. The number of nitrogens with one attached hydrogen (secondary N) is 2. The minimum atomic E-state index is -0.237. The van der Waals surface area contributed by atoms with E-state index in [1.807, 2.05) is 42.6 Å². The third kappa shape index (κ3) is 4.10. The summed E-state index contributed by atoms with van der Waals surface area (Å²) in [6.07, 6.45) is 7.47. The van der Waals surface area contributed by atoms with Crippen LogP contribution >= 0.6 is 0 Å². The Hall–Kier alpha value is -3.45. The van der Waals surface area contributed by atoms with Crippen LogP contribution in [-0.2, 0) is 13.1 Å². The van der Waals surface area contributed by atoms with Crippen LogP contribution in [0.3, 0.4) is 0 Å². The summed E-state index contributed by atoms with van der Waals surface area (Å²) in [4.78, 5) is 0. The molecule has 3 N–H and O–H groups in total. The molecule has 0 saturated heterocycles. The van der Waals surface area contributed by atoms with Crippen molar-refractivity contribution >= 4 is 28.7 Å². The van der Waals surface area contributed by atoms with E-state index in [9.17, 15) is 4.39 Å². The molecule has 6 nitrogen and oxygen atoms in total. The van der Waals surface area contributed by atoms with Gasteiger partial charge in [0, 0.05) is 29.4 Å². The molecule has 2 aromatic heterocycles. The zero-order valence-corrected chi connectivity index (χ0v) is 15.1. The molecule has 0 radical (unpaired) electrons. The number of benzene rings is 2. The summed E-state index contributed by atoms with van der Waals surface area (Å²) in [5, 5.41) is 24.9. The maximum absolute atomic E-state index is 13.3. The minimum Gasteiger partial charge on any atom is -0.394 e. The lowest BCUT2D eigenvalue weighted by molar-refractivity contribution is 0.269. The quantitative estimate of drug-likeness (QED) is 0.459. The first-order valence-corrected chi connectivity index (χ1v) is 8.99. The van der Waals surface area contributed by atoms with Crippen molar-refractivity contribution in [2.75, 3.05) is 11.9 Å². The van der Waals surface area contributed by atoms with E-state index < -0.39 is 0 Å². The van der Waals surface area contributed by atoms with Crippen molar-refractivity contribution in [2.24, 2.45) is 0 Å². The fourth-order valence-electron chi connectivity index (χ4n) is 2.99. The van der Waals surface area contributed by atoms with Gasteiger partial charge in [-0.05, 0) is 48.0 Å². The van der Waals surface area contributed by atoms with Gasteiger partial charge in [0.2, 0.25) is 0 Å². The average Bonchev–Trinajstić information content (AvgIpc) is 3.31. The standard InChI is InChI=1S/C21H20FN5O/c22-17-3-1-2-15(10-17)12-23-18-5-7-21-19(11-18)20(25-26-21)6-4-16-13-24-27(14-16)8-9-28/h1-7,10-11,13-14,23,28H,8-9,12H2,(H,25,26)/b6-4+. The highest BCUT2D eigenvalue weighted by Crippen LogP contribution is 2.23. The van der Waals surface area contributed by atoms with Crippen LogP contribution in [0.4, 0.5) is 10.1 Å². The molecule has 2 aromatic carbocycles. The third-order valence-electron chi connectivity index (χ3n) is 4.39. The number of rotatable bonds is 7. The lowest BCUT2D eigenvalue weighted by Crippen LogP contribution is -2.01. The molecule has 28 heavy (non-hydrogen) atoms. The molecule has 0 aliphatic rings. The fourth-order valence-corrected chi connectivity index (χ4v) is 2.99. The Morgan fingerprint density at radius 3 is 2.96 bits per heavy atom. The molecule has 0 aliphatic heterocycles. The Bertz CT molecular complexity index is 1110. The predicted molar refractivity (Wildman–Crippen MR) is 108 cm³/mol. The molecule has 0 aliphatic carbocycles. The second-order valence-electron chi connectivity index (χ2n) is 6.45. The number of hydrogen-bond acceptors (Lipinski definition) is 4. The van der Waals surface area contributed by atoms with Crippen LogP contribution in [0, 0.1) is 5.82 Å². The second kappa shape index (κ2) is 8.06. The van der Waals surface area contributed by atoms with Gasteiger partial charge in [-0.25, -0.2) is 4.39 Å². The highest BCUT2D eigenvalue weighted by atomic mass is 19.1. The number of halogens is 1. The first-order chi connectivity index (χ1) is 13.7. The summed E-state index contributed by atoms with van der Waals surface area (Å²) < 4.78 is 15.0. The van der Waals surface area contributed by atoms with E-state index in [1.54, 1.807) is 16.9 Å². The van der Waals surface area contributed by atoms with Crippen molar-refractivity contribution in [3.63, 3.8) is 0 Å². The van der Waals surface area contributed by atoms with Gasteiger partial charge in [0.15, 0.2) is 0 Å². The maximum Gasteiger partial charge on any atom is 0.123 e. The van der Waals surface area contributed by atoms with Crippen LogP contribution < -0.4 is 5.32 Å². The van der Waals surface area contributed by atoms with E-state index in [0.717, 1.165) is 33.4 Å². The van der Waals surface area contributed by atoms with Crippen molar-refractivity contribution in [1.82, 2.24) is 20.0 Å². The highest BCUT2D eigenvalue weighted by molar-refractivity contribution is 5.91. The number of fused-ring (bicyclic) bond motifs is 1. The van der Waals surface area contributed by atoms with E-state index in [0.29, 0.717) is 13.1 Å². The van der Waals surface area contributed by atoms with Gasteiger partial charge in [-0.2, -0.15) is 10.2 Å². The number of H-pyrrole nitrogens is 1. The van der Waals surface area contributed by atoms with Crippen LogP contribution in [0.5, 0.6) is 0 Å². The SMILES string of the molecule is OCCn1cc(/C=C/c2n[nH]c3ccc(NCc4cccc(F)c4)cc23)cn1. The monoisotopic (exact) mass is 377 g/mol. The van der Waals surface area contributed by atoms with Crippen molar-refractivity contribution in [3.8, 4) is 0 Å². The number of anilines is 1. The zero-order valence-electron chi connectivity index (χ0n) is 15.1. The van der Waals surface area contributed by atoms with Crippen molar-refractivity contribution < 1.29 is 9.50 Å². The normalized spacial score (nSPS) is 11.5. The highest BCUT2D eigenvalue weighted by Gasteiger charge is 2.05. The average molecular weight is 377 g/mol. The van der Waals surface area contributed by atoms with Crippen molar-refractivity contribution in [2.45, 2.75) is 13.1 Å². The van der Waals surface area contributed by atoms with Gasteiger partial charge in [-0.3, -0.25) is 9.78 Å². The molecule has 0 amide bonds. The zero-order chi connectivity index (χ0) is 19.3. The summed E-state index contributed by atoms with van der Waals surface area (Å²) in [6, 6.07) is 12.5. The molecular weight excluding hydrogens is 357 g/mol. The molecule has 0 bridgehead atoms. The van der Waals surface area contributed by atoms with Gasteiger partial charge in [0.1, 0.15) is 5.82 Å². The third-order valence-corrected chi connectivity index (χ3v) is 4.39. The van der Waals surface area contributed by atoms with E-state index >= 15 is 0 Å². The molecule has 0 unspecified atom stereocenters. The molecular formula is C21H20FN5O. The van der Waals surface area contributed by atoms with Crippen LogP contribution in [0.25, 0.3) is 23.1 Å². The molecule has 2 heterocycles. The van der Waals surface area contributed by atoms with Crippen LogP contribution in [0.1, 0.15) is 16.8 Å². The maximum atomic E-state index is 13.3. The van der Waals surface area contributed by atoms with E-state index in [2.05, 4.69) is 20.6 Å². The lowest BCUT2D eigenvalue weighted by Gasteiger charge is -2.07. The molecule has 0 spiro atoms. The van der Waals surface area contributed by atoms with Crippen molar-refractivity contribution in [3.05, 3.63) is 77.5 Å². The number of aliphatic hydroxyl groups is 1. The summed E-state index contributed by atoms with van der Waals surface area (Å²) in [7, 11) is 0. The van der Waals surface area contributed by atoms with Gasteiger partial charge >= 0.3 is 0 Å².